The number of hydrogen-bond donors (Lipinski definition) is 1. The Morgan fingerprint density at radius 3 is 2.41 bits per heavy atom. The van der Waals surface area contributed by atoms with Crippen LogP contribution in [0.1, 0.15) is 48.9 Å². The van der Waals surface area contributed by atoms with E-state index in [2.05, 4.69) is 5.32 Å². The van der Waals surface area contributed by atoms with Crippen molar-refractivity contribution in [3.05, 3.63) is 35.9 Å². The van der Waals surface area contributed by atoms with Gasteiger partial charge < -0.3 is 5.32 Å². The van der Waals surface area contributed by atoms with Crippen LogP contribution in [0.25, 0.3) is 0 Å². The molecule has 2 nitrogen and oxygen atoms in total. The average molecular weight is 231 g/mol. The molecule has 2 rings (SSSR count). The first-order valence-electron chi connectivity index (χ1n) is 6.53. The molecule has 2 heteroatoms. The standard InChI is InChI=1S/C15H21NO/c1-16-15(10-6-3-7-11-15)12-14(17)13-8-4-2-5-9-13/h2,4-5,8-9,16H,3,6-7,10-12H2,1H3. The molecule has 1 N–H and O–H groups in total. The van der Waals surface area contributed by atoms with Crippen LogP contribution in [0.5, 0.6) is 0 Å². The minimum atomic E-state index is 0.0468. The van der Waals surface area contributed by atoms with E-state index in [1.54, 1.807) is 0 Å². The second-order valence-corrected chi connectivity index (χ2v) is 5.06. The Bertz CT molecular complexity index is 366. The predicted octanol–water partition coefficient (Wildman–Crippen LogP) is 3.18. The van der Waals surface area contributed by atoms with Crippen LogP contribution >= 0.6 is 0 Å². The molecule has 1 aromatic rings. The van der Waals surface area contributed by atoms with Crippen LogP contribution in [0.2, 0.25) is 0 Å². The summed E-state index contributed by atoms with van der Waals surface area (Å²) in [6.07, 6.45) is 6.67. The van der Waals surface area contributed by atoms with Crippen LogP contribution in [0.15, 0.2) is 30.3 Å². The highest BCUT2D eigenvalue weighted by Crippen LogP contribution is 2.31. The zero-order valence-corrected chi connectivity index (χ0v) is 10.5. The Hall–Kier alpha value is -1.15. The Morgan fingerprint density at radius 2 is 1.82 bits per heavy atom. The van der Waals surface area contributed by atoms with Crippen LogP contribution < -0.4 is 5.32 Å². The van der Waals surface area contributed by atoms with Gasteiger partial charge in [-0.1, -0.05) is 49.6 Å². The van der Waals surface area contributed by atoms with Gasteiger partial charge in [0.1, 0.15) is 0 Å². The zero-order chi connectivity index (χ0) is 12.1. The number of nitrogens with one attached hydrogen (secondary N) is 1. The molecule has 0 radical (unpaired) electrons. The third kappa shape index (κ3) is 2.95. The molecule has 1 fully saturated rings. The van der Waals surface area contributed by atoms with Crippen molar-refractivity contribution in [1.29, 1.82) is 0 Å². The Kier molecular flexibility index (Phi) is 3.95. The largest absolute Gasteiger partial charge is 0.314 e. The topological polar surface area (TPSA) is 29.1 Å². The van der Waals surface area contributed by atoms with Crippen molar-refractivity contribution < 1.29 is 4.79 Å². The highest BCUT2D eigenvalue weighted by molar-refractivity contribution is 5.96. The summed E-state index contributed by atoms with van der Waals surface area (Å²) < 4.78 is 0. The lowest BCUT2D eigenvalue weighted by molar-refractivity contribution is 0.0915. The maximum Gasteiger partial charge on any atom is 0.164 e. The summed E-state index contributed by atoms with van der Waals surface area (Å²) in [5.41, 5.74) is 0.887. The van der Waals surface area contributed by atoms with Crippen molar-refractivity contribution >= 4 is 5.78 Å². The van der Waals surface area contributed by atoms with Gasteiger partial charge in [0.2, 0.25) is 0 Å². The molecular weight excluding hydrogens is 210 g/mol. The van der Waals surface area contributed by atoms with E-state index in [1.165, 1.54) is 19.3 Å². The van der Waals surface area contributed by atoms with Crippen LogP contribution in [0.4, 0.5) is 0 Å². The summed E-state index contributed by atoms with van der Waals surface area (Å²) in [6.45, 7) is 0. The Balaban J connectivity index is 2.06. The van der Waals surface area contributed by atoms with Crippen molar-refractivity contribution in [3.63, 3.8) is 0 Å². The SMILES string of the molecule is CNC1(CC(=O)c2ccccc2)CCCCC1. The quantitative estimate of drug-likeness (QED) is 0.806. The van der Waals surface area contributed by atoms with Gasteiger partial charge in [0, 0.05) is 17.5 Å². The molecule has 0 spiro atoms. The molecule has 0 heterocycles. The molecule has 92 valence electrons. The minimum Gasteiger partial charge on any atom is -0.314 e. The zero-order valence-electron chi connectivity index (χ0n) is 10.5. The molecule has 1 aliphatic rings. The molecule has 0 unspecified atom stereocenters. The van der Waals surface area contributed by atoms with Gasteiger partial charge in [0.15, 0.2) is 5.78 Å². The second-order valence-electron chi connectivity index (χ2n) is 5.06. The van der Waals surface area contributed by atoms with E-state index < -0.39 is 0 Å². The number of Topliss-reactive ketones (excluding diaryl/α,β-unsaturated/α-hetero) is 1. The monoisotopic (exact) mass is 231 g/mol. The second kappa shape index (κ2) is 5.46. The number of carbonyl (C=O) groups is 1. The third-order valence-corrected chi connectivity index (χ3v) is 3.94. The van der Waals surface area contributed by atoms with Gasteiger partial charge in [-0.15, -0.1) is 0 Å². The summed E-state index contributed by atoms with van der Waals surface area (Å²) >= 11 is 0. The number of ketones is 1. The van der Waals surface area contributed by atoms with Gasteiger partial charge in [-0.25, -0.2) is 0 Å². The number of carbonyl (C=O) groups excluding carboxylic acids is 1. The fourth-order valence-corrected chi connectivity index (χ4v) is 2.78. The lowest BCUT2D eigenvalue weighted by Crippen LogP contribution is -2.46. The molecule has 0 aromatic heterocycles. The van der Waals surface area contributed by atoms with Gasteiger partial charge >= 0.3 is 0 Å². The minimum absolute atomic E-state index is 0.0468. The summed E-state index contributed by atoms with van der Waals surface area (Å²) in [7, 11) is 1.99. The van der Waals surface area contributed by atoms with Crippen molar-refractivity contribution in [2.75, 3.05) is 7.05 Å². The fraction of sp³-hybridized carbons (Fsp3) is 0.533. The maximum absolute atomic E-state index is 12.2. The molecule has 0 saturated heterocycles. The van der Waals surface area contributed by atoms with Gasteiger partial charge in [-0.05, 0) is 19.9 Å². The van der Waals surface area contributed by atoms with Crippen LogP contribution in [-0.2, 0) is 0 Å². The predicted molar refractivity (Wildman–Crippen MR) is 70.3 cm³/mol. The van der Waals surface area contributed by atoms with E-state index in [9.17, 15) is 4.79 Å². The van der Waals surface area contributed by atoms with E-state index in [0.29, 0.717) is 6.42 Å². The van der Waals surface area contributed by atoms with Gasteiger partial charge in [0.25, 0.3) is 0 Å². The molecule has 1 saturated carbocycles. The lowest BCUT2D eigenvalue weighted by Gasteiger charge is -2.36. The van der Waals surface area contributed by atoms with E-state index >= 15 is 0 Å². The molecular formula is C15H21NO. The molecule has 17 heavy (non-hydrogen) atoms. The lowest BCUT2D eigenvalue weighted by atomic mass is 9.77. The molecule has 0 bridgehead atoms. The highest BCUT2D eigenvalue weighted by atomic mass is 16.1. The summed E-state index contributed by atoms with van der Waals surface area (Å²) in [5.74, 6) is 0.266. The fourth-order valence-electron chi connectivity index (χ4n) is 2.78. The van der Waals surface area contributed by atoms with Gasteiger partial charge in [0.05, 0.1) is 0 Å². The van der Waals surface area contributed by atoms with Crippen molar-refractivity contribution in [3.8, 4) is 0 Å². The van der Waals surface area contributed by atoms with Crippen molar-refractivity contribution in [1.82, 2.24) is 5.32 Å². The normalized spacial score (nSPS) is 18.9. The Morgan fingerprint density at radius 1 is 1.18 bits per heavy atom. The van der Waals surface area contributed by atoms with Crippen LogP contribution in [0.3, 0.4) is 0 Å². The van der Waals surface area contributed by atoms with E-state index in [4.69, 9.17) is 0 Å². The molecule has 1 aromatic carbocycles. The molecule has 0 aliphatic heterocycles. The first-order valence-corrected chi connectivity index (χ1v) is 6.53. The number of rotatable bonds is 4. The molecule has 0 amide bonds. The smallest absolute Gasteiger partial charge is 0.164 e. The molecule has 1 aliphatic carbocycles. The van der Waals surface area contributed by atoms with E-state index in [0.717, 1.165) is 18.4 Å². The summed E-state index contributed by atoms with van der Waals surface area (Å²) in [6, 6.07) is 9.63. The highest BCUT2D eigenvalue weighted by Gasteiger charge is 2.32. The molecule has 0 atom stereocenters. The first kappa shape index (κ1) is 12.3. The summed E-state index contributed by atoms with van der Waals surface area (Å²) in [5, 5.41) is 3.40. The van der Waals surface area contributed by atoms with E-state index in [-0.39, 0.29) is 11.3 Å². The van der Waals surface area contributed by atoms with Gasteiger partial charge in [-0.3, -0.25) is 4.79 Å². The Labute approximate surface area is 103 Å². The van der Waals surface area contributed by atoms with Crippen molar-refractivity contribution in [2.45, 2.75) is 44.1 Å². The van der Waals surface area contributed by atoms with Crippen LogP contribution in [-0.4, -0.2) is 18.4 Å². The van der Waals surface area contributed by atoms with Crippen molar-refractivity contribution in [2.24, 2.45) is 0 Å². The maximum atomic E-state index is 12.2. The van der Waals surface area contributed by atoms with E-state index in [1.807, 2.05) is 37.4 Å². The number of benzene rings is 1. The first-order chi connectivity index (χ1) is 8.26. The van der Waals surface area contributed by atoms with Gasteiger partial charge in [-0.2, -0.15) is 0 Å². The third-order valence-electron chi connectivity index (χ3n) is 3.94. The number of hydrogen-bond acceptors (Lipinski definition) is 2. The van der Waals surface area contributed by atoms with Crippen LogP contribution in [0, 0.1) is 0 Å². The average Bonchev–Trinajstić information content (AvgIpc) is 2.41. The summed E-state index contributed by atoms with van der Waals surface area (Å²) in [4.78, 5) is 12.2.